The van der Waals surface area contributed by atoms with E-state index in [-0.39, 0.29) is 12.6 Å². The normalized spacial score (nSPS) is 20.1. The van der Waals surface area contributed by atoms with Crippen LogP contribution < -0.4 is 5.32 Å². The summed E-state index contributed by atoms with van der Waals surface area (Å²) in [5.41, 5.74) is 2.94. The van der Waals surface area contributed by atoms with Crippen molar-refractivity contribution in [1.82, 2.24) is 9.88 Å². The SMILES string of the molecule is CC[C@]1(CO)CCCN1C(=O)Nc1ccc(C)c(-c2nc(C)co2)c1. The van der Waals surface area contributed by atoms with Crippen LogP contribution in [-0.4, -0.2) is 39.7 Å². The highest BCUT2D eigenvalue weighted by Gasteiger charge is 2.41. The monoisotopic (exact) mass is 343 g/mol. The number of likely N-dealkylation sites (tertiary alicyclic amines) is 1. The van der Waals surface area contributed by atoms with Crippen molar-refractivity contribution in [3.8, 4) is 11.5 Å². The van der Waals surface area contributed by atoms with Gasteiger partial charge in [-0.3, -0.25) is 0 Å². The third-order valence-electron chi connectivity index (χ3n) is 5.13. The standard InChI is InChI=1S/C19H25N3O3/c1-4-19(12-23)8-5-9-22(19)18(24)21-15-7-6-13(2)16(10-15)17-20-14(3)11-25-17/h6-7,10-11,23H,4-5,8-9,12H2,1-3H3,(H,21,24)/t19-/m1/s1. The van der Waals surface area contributed by atoms with Gasteiger partial charge in [-0.1, -0.05) is 13.0 Å². The lowest BCUT2D eigenvalue weighted by molar-refractivity contribution is 0.0867. The number of hydrogen-bond acceptors (Lipinski definition) is 4. The van der Waals surface area contributed by atoms with E-state index < -0.39 is 5.54 Å². The Bertz CT molecular complexity index is 765. The maximum absolute atomic E-state index is 12.7. The fourth-order valence-corrected chi connectivity index (χ4v) is 3.50. The Morgan fingerprint density at radius 2 is 2.24 bits per heavy atom. The van der Waals surface area contributed by atoms with Crippen LogP contribution in [0.15, 0.2) is 28.9 Å². The first-order chi connectivity index (χ1) is 12.0. The lowest BCUT2D eigenvalue weighted by Gasteiger charge is -2.36. The molecule has 6 nitrogen and oxygen atoms in total. The summed E-state index contributed by atoms with van der Waals surface area (Å²) in [6, 6.07) is 5.51. The average Bonchev–Trinajstić information content (AvgIpc) is 3.23. The molecule has 25 heavy (non-hydrogen) atoms. The van der Waals surface area contributed by atoms with Crippen molar-refractivity contribution < 1.29 is 14.3 Å². The fraction of sp³-hybridized carbons (Fsp3) is 0.474. The number of anilines is 1. The molecule has 0 spiro atoms. The molecule has 2 N–H and O–H groups in total. The van der Waals surface area contributed by atoms with Gasteiger partial charge in [0.05, 0.1) is 17.8 Å². The number of oxazole rings is 1. The first-order valence-corrected chi connectivity index (χ1v) is 8.72. The van der Waals surface area contributed by atoms with E-state index >= 15 is 0 Å². The highest BCUT2D eigenvalue weighted by molar-refractivity contribution is 5.91. The van der Waals surface area contributed by atoms with Gasteiger partial charge in [0.1, 0.15) is 6.26 Å². The van der Waals surface area contributed by atoms with Crippen LogP contribution in [0.1, 0.15) is 37.4 Å². The van der Waals surface area contributed by atoms with Crippen molar-refractivity contribution in [2.45, 2.75) is 45.6 Å². The molecule has 0 radical (unpaired) electrons. The second kappa shape index (κ2) is 6.88. The largest absolute Gasteiger partial charge is 0.444 e. The Kier molecular flexibility index (Phi) is 4.81. The third kappa shape index (κ3) is 3.26. The molecule has 6 heteroatoms. The van der Waals surface area contributed by atoms with Gasteiger partial charge in [0, 0.05) is 17.8 Å². The number of carbonyl (C=O) groups excluding carboxylic acids is 1. The summed E-state index contributed by atoms with van der Waals surface area (Å²) >= 11 is 0. The molecule has 1 fully saturated rings. The van der Waals surface area contributed by atoms with Gasteiger partial charge in [0.15, 0.2) is 0 Å². The number of urea groups is 1. The van der Waals surface area contributed by atoms with Crippen LogP contribution in [0.5, 0.6) is 0 Å². The maximum Gasteiger partial charge on any atom is 0.322 e. The first kappa shape index (κ1) is 17.5. The number of nitrogens with one attached hydrogen (secondary N) is 1. The molecule has 1 aromatic carbocycles. The number of carbonyl (C=O) groups is 1. The molecule has 0 aliphatic carbocycles. The number of amides is 2. The van der Waals surface area contributed by atoms with E-state index in [4.69, 9.17) is 4.42 Å². The predicted molar refractivity (Wildman–Crippen MR) is 96.5 cm³/mol. The Labute approximate surface area is 147 Å². The minimum Gasteiger partial charge on any atom is -0.444 e. The van der Waals surface area contributed by atoms with Gasteiger partial charge in [-0.15, -0.1) is 0 Å². The van der Waals surface area contributed by atoms with E-state index in [9.17, 15) is 9.90 Å². The van der Waals surface area contributed by atoms with Crippen molar-refractivity contribution in [3.05, 3.63) is 35.7 Å². The van der Waals surface area contributed by atoms with Gasteiger partial charge in [0.2, 0.25) is 5.89 Å². The second-order valence-corrected chi connectivity index (χ2v) is 6.75. The summed E-state index contributed by atoms with van der Waals surface area (Å²) < 4.78 is 5.49. The third-order valence-corrected chi connectivity index (χ3v) is 5.13. The molecule has 1 aliphatic heterocycles. The quantitative estimate of drug-likeness (QED) is 0.887. The summed E-state index contributed by atoms with van der Waals surface area (Å²) in [7, 11) is 0. The number of benzene rings is 1. The smallest absolute Gasteiger partial charge is 0.322 e. The Balaban J connectivity index is 1.82. The zero-order valence-corrected chi connectivity index (χ0v) is 15.0. The molecular formula is C19H25N3O3. The molecule has 134 valence electrons. The van der Waals surface area contributed by atoms with Crippen molar-refractivity contribution >= 4 is 11.7 Å². The van der Waals surface area contributed by atoms with Crippen LogP contribution in [-0.2, 0) is 0 Å². The van der Waals surface area contributed by atoms with E-state index in [1.807, 2.05) is 39.0 Å². The minimum atomic E-state index is -0.447. The van der Waals surface area contributed by atoms with E-state index in [0.717, 1.165) is 36.1 Å². The summed E-state index contributed by atoms with van der Waals surface area (Å²) in [6.45, 7) is 6.52. The highest BCUT2D eigenvalue weighted by atomic mass is 16.3. The lowest BCUT2D eigenvalue weighted by Crippen LogP contribution is -2.51. The molecule has 0 unspecified atom stereocenters. The average molecular weight is 343 g/mol. The van der Waals surface area contributed by atoms with Crippen LogP contribution in [0.2, 0.25) is 0 Å². The Morgan fingerprint density at radius 3 is 2.88 bits per heavy atom. The highest BCUT2D eigenvalue weighted by Crippen LogP contribution is 2.33. The van der Waals surface area contributed by atoms with Crippen molar-refractivity contribution in [3.63, 3.8) is 0 Å². The van der Waals surface area contributed by atoms with Crippen LogP contribution in [0.3, 0.4) is 0 Å². The first-order valence-electron chi connectivity index (χ1n) is 8.72. The van der Waals surface area contributed by atoms with Crippen molar-refractivity contribution in [2.75, 3.05) is 18.5 Å². The van der Waals surface area contributed by atoms with E-state index in [1.165, 1.54) is 0 Å². The zero-order chi connectivity index (χ0) is 18.0. The van der Waals surface area contributed by atoms with Crippen LogP contribution in [0.4, 0.5) is 10.5 Å². The van der Waals surface area contributed by atoms with Gasteiger partial charge in [-0.25, -0.2) is 9.78 Å². The summed E-state index contributed by atoms with van der Waals surface area (Å²) in [6.07, 6.45) is 4.10. The number of hydrogen-bond donors (Lipinski definition) is 2. The summed E-state index contributed by atoms with van der Waals surface area (Å²) in [4.78, 5) is 18.9. The lowest BCUT2D eigenvalue weighted by atomic mass is 9.94. The van der Waals surface area contributed by atoms with Crippen LogP contribution in [0, 0.1) is 13.8 Å². The molecule has 1 aromatic heterocycles. The fourth-order valence-electron chi connectivity index (χ4n) is 3.50. The Hall–Kier alpha value is -2.34. The van der Waals surface area contributed by atoms with Crippen LogP contribution >= 0.6 is 0 Å². The Morgan fingerprint density at radius 1 is 1.44 bits per heavy atom. The molecule has 1 saturated heterocycles. The molecule has 0 bridgehead atoms. The maximum atomic E-state index is 12.7. The number of aliphatic hydroxyl groups is 1. The van der Waals surface area contributed by atoms with E-state index in [1.54, 1.807) is 11.2 Å². The van der Waals surface area contributed by atoms with Crippen molar-refractivity contribution in [2.24, 2.45) is 0 Å². The second-order valence-electron chi connectivity index (χ2n) is 6.75. The molecule has 0 saturated carbocycles. The number of rotatable bonds is 4. The molecule has 2 amide bonds. The molecular weight excluding hydrogens is 318 g/mol. The number of nitrogens with zero attached hydrogens (tertiary/aromatic N) is 2. The van der Waals surface area contributed by atoms with Gasteiger partial charge >= 0.3 is 6.03 Å². The summed E-state index contributed by atoms with van der Waals surface area (Å²) in [5, 5.41) is 12.7. The molecule has 1 atom stereocenters. The number of aryl methyl sites for hydroxylation is 2. The van der Waals surface area contributed by atoms with Crippen LogP contribution in [0.25, 0.3) is 11.5 Å². The van der Waals surface area contributed by atoms with E-state index in [2.05, 4.69) is 10.3 Å². The van der Waals surface area contributed by atoms with E-state index in [0.29, 0.717) is 18.1 Å². The van der Waals surface area contributed by atoms with Gasteiger partial charge in [-0.2, -0.15) is 0 Å². The molecule has 2 heterocycles. The summed E-state index contributed by atoms with van der Waals surface area (Å²) in [5.74, 6) is 0.547. The number of aliphatic hydroxyl groups excluding tert-OH is 1. The molecule has 1 aliphatic rings. The zero-order valence-electron chi connectivity index (χ0n) is 15.0. The topological polar surface area (TPSA) is 78.6 Å². The molecule has 2 aromatic rings. The van der Waals surface area contributed by atoms with Gasteiger partial charge in [-0.05, 0) is 50.8 Å². The molecule has 3 rings (SSSR count). The van der Waals surface area contributed by atoms with Crippen molar-refractivity contribution in [1.29, 1.82) is 0 Å². The van der Waals surface area contributed by atoms with Gasteiger partial charge < -0.3 is 19.7 Å². The predicted octanol–water partition coefficient (Wildman–Crippen LogP) is 3.73. The van der Waals surface area contributed by atoms with Gasteiger partial charge in [0.25, 0.3) is 0 Å². The number of aromatic nitrogens is 1. The minimum absolute atomic E-state index is 0.00827.